The van der Waals surface area contributed by atoms with Gasteiger partial charge in [0.05, 0.1) is 16.1 Å². The first-order valence-electron chi connectivity index (χ1n) is 26.0. The molecule has 4 fully saturated rings. The molecule has 0 unspecified atom stereocenters. The first-order valence-corrected chi connectivity index (χ1v) is 28.1. The quantitative estimate of drug-likeness (QED) is 0.0641. The number of thioether (sulfide) groups is 2. The van der Waals surface area contributed by atoms with Crippen LogP contribution < -0.4 is 30.2 Å². The van der Waals surface area contributed by atoms with Crippen LogP contribution in [0.1, 0.15) is 62.5 Å². The van der Waals surface area contributed by atoms with E-state index in [-0.39, 0.29) is 45.3 Å². The van der Waals surface area contributed by atoms with E-state index in [1.807, 2.05) is 0 Å². The molecule has 4 aromatic rings. The van der Waals surface area contributed by atoms with E-state index in [0.717, 1.165) is 189 Å². The number of hydrogen-bond acceptors (Lipinski definition) is 10. The van der Waals surface area contributed by atoms with Gasteiger partial charge in [0.2, 0.25) is 5.91 Å². The first-order chi connectivity index (χ1) is 36.9. The number of amides is 1. The van der Waals surface area contributed by atoms with Gasteiger partial charge in [0.1, 0.15) is 0 Å². The van der Waals surface area contributed by atoms with E-state index in [2.05, 4.69) is 40.0 Å². The van der Waals surface area contributed by atoms with Crippen LogP contribution in [0, 0.1) is 0 Å². The molecule has 1 amide bonds. The molecule has 0 spiro atoms. The van der Waals surface area contributed by atoms with Gasteiger partial charge in [-0.05, 0) is 179 Å². The second kappa shape index (κ2) is 27.6. The number of piperidine rings is 2. The highest BCUT2D eigenvalue weighted by Crippen LogP contribution is 2.39. The van der Waals surface area contributed by atoms with Crippen LogP contribution in [0.2, 0.25) is 0 Å². The van der Waals surface area contributed by atoms with Crippen LogP contribution >= 0.6 is 35.7 Å². The molecule has 4 saturated heterocycles. The molecule has 2 N–H and O–H groups in total. The van der Waals surface area contributed by atoms with E-state index in [1.165, 1.54) is 36.4 Å². The Morgan fingerprint density at radius 3 is 1.08 bits per heavy atom. The van der Waals surface area contributed by atoms with Crippen molar-refractivity contribution in [3.8, 4) is 0 Å². The number of halogens is 12. The van der Waals surface area contributed by atoms with Crippen molar-refractivity contribution >= 4 is 69.4 Å². The Labute approximate surface area is 461 Å². The minimum atomic E-state index is -4.34. The number of thiocarbonyl (C=S) groups is 1. The van der Waals surface area contributed by atoms with E-state index in [1.54, 1.807) is 36.4 Å². The zero-order valence-electron chi connectivity index (χ0n) is 42.8. The molecule has 4 aliphatic heterocycles. The molecule has 0 saturated carbocycles. The average Bonchev–Trinajstić information content (AvgIpc) is 3.39. The van der Waals surface area contributed by atoms with Crippen molar-refractivity contribution in [3.05, 3.63) is 108 Å². The van der Waals surface area contributed by atoms with Crippen molar-refractivity contribution in [2.75, 3.05) is 111 Å². The smallest absolute Gasteiger partial charge is 0.377 e. The molecule has 24 heteroatoms. The Bertz CT molecular complexity index is 2300. The van der Waals surface area contributed by atoms with Gasteiger partial charge >= 0.3 is 23.4 Å². The van der Waals surface area contributed by atoms with Crippen LogP contribution in [0.4, 0.5) is 75.4 Å². The molecule has 9 nitrogen and oxygen atoms in total. The van der Waals surface area contributed by atoms with Crippen LogP contribution in [0.25, 0.3) is 0 Å². The molecule has 0 atom stereocenters. The van der Waals surface area contributed by atoms with Crippen LogP contribution in [-0.2, 0) is 17.1 Å². The number of carbonyl (C=O) groups is 1. The van der Waals surface area contributed by atoms with Gasteiger partial charge in [-0.1, -0.05) is 12.2 Å². The zero-order valence-corrected chi connectivity index (χ0v) is 45.2. The Balaban J connectivity index is 0.000000226. The number of anilines is 4. The number of benzene rings is 4. The van der Waals surface area contributed by atoms with Crippen molar-refractivity contribution in [2.45, 2.75) is 96.6 Å². The summed E-state index contributed by atoms with van der Waals surface area (Å²) in [7, 11) is 0. The van der Waals surface area contributed by atoms with Crippen molar-refractivity contribution in [3.63, 3.8) is 0 Å². The summed E-state index contributed by atoms with van der Waals surface area (Å²) in [5.41, 5.74) is -6.45. The Hall–Kier alpha value is -4.78. The second-order valence-corrected chi connectivity index (χ2v) is 22.5. The molecule has 0 bridgehead atoms. The minimum absolute atomic E-state index is 0.0189. The molecule has 8 rings (SSSR count). The molecule has 0 radical (unpaired) electrons. The molecule has 4 heterocycles. The lowest BCUT2D eigenvalue weighted by Gasteiger charge is -2.36. The fourth-order valence-electron chi connectivity index (χ4n) is 9.99. The second-order valence-electron chi connectivity index (χ2n) is 19.7. The third-order valence-electron chi connectivity index (χ3n) is 14.2. The normalized spacial score (nSPS) is 17.9. The Morgan fingerprint density at radius 2 is 0.744 bits per heavy atom. The van der Waals surface area contributed by atoms with Crippen LogP contribution in [-0.4, -0.2) is 135 Å². The van der Waals surface area contributed by atoms with E-state index in [0.29, 0.717) is 12.5 Å². The van der Waals surface area contributed by atoms with Gasteiger partial charge in [-0.2, -0.15) is 52.7 Å². The van der Waals surface area contributed by atoms with E-state index < -0.39 is 34.5 Å². The minimum Gasteiger partial charge on any atom is -0.377 e. The molecule has 0 aliphatic carbocycles. The van der Waals surface area contributed by atoms with Gasteiger partial charge in [-0.3, -0.25) is 14.6 Å². The summed E-state index contributed by atoms with van der Waals surface area (Å²) in [4.78, 5) is 26.8. The lowest BCUT2D eigenvalue weighted by molar-refractivity contribution is -0.138. The van der Waals surface area contributed by atoms with Crippen molar-refractivity contribution < 1.29 is 57.5 Å². The maximum absolute atomic E-state index is 12.8. The first kappa shape index (κ1) is 60.9. The van der Waals surface area contributed by atoms with E-state index in [9.17, 15) is 57.5 Å². The third-order valence-corrected chi connectivity index (χ3v) is 16.0. The summed E-state index contributed by atoms with van der Waals surface area (Å²) in [6, 6.07) is 23.9. The van der Waals surface area contributed by atoms with Gasteiger partial charge in [-0.15, -0.1) is 0 Å². The van der Waals surface area contributed by atoms with Gasteiger partial charge in [-0.25, -0.2) is 0 Å². The predicted molar refractivity (Wildman–Crippen MR) is 290 cm³/mol. The fraction of sp³-hybridized carbons (Fsp3) is 0.519. The maximum Gasteiger partial charge on any atom is 0.446 e. The number of nitrogens with one attached hydrogen (secondary N) is 2. The van der Waals surface area contributed by atoms with Crippen LogP contribution in [0.15, 0.2) is 107 Å². The highest BCUT2D eigenvalue weighted by Gasteiger charge is 2.33. The summed E-state index contributed by atoms with van der Waals surface area (Å²) in [5.74, 6) is 0.0189. The van der Waals surface area contributed by atoms with Crippen LogP contribution in [0.3, 0.4) is 0 Å². The summed E-state index contributed by atoms with van der Waals surface area (Å²) in [6.45, 7) is 11.1. The molecule has 0 aromatic heterocycles. The highest BCUT2D eigenvalue weighted by atomic mass is 32.2. The van der Waals surface area contributed by atoms with Gasteiger partial charge in [0.25, 0.3) is 0 Å². The molecule has 428 valence electrons. The number of hydrogen-bond donors (Lipinski definition) is 2. The summed E-state index contributed by atoms with van der Waals surface area (Å²) in [6.07, 6.45) is -2.40. The topological polar surface area (TPSA) is 60.6 Å². The van der Waals surface area contributed by atoms with Gasteiger partial charge in [0, 0.05) is 130 Å². The Kier molecular flexibility index (Phi) is 21.5. The lowest BCUT2D eigenvalue weighted by Crippen LogP contribution is -2.47. The zero-order chi connectivity index (χ0) is 56.1. The highest BCUT2D eigenvalue weighted by molar-refractivity contribution is 8.00. The monoisotopic (exact) mass is 1160 g/mol. The average molecular weight is 1170 g/mol. The molecular weight excluding hydrogens is 1100 g/mol. The molecule has 78 heavy (non-hydrogen) atoms. The summed E-state index contributed by atoms with van der Waals surface area (Å²) >= 11 is 5.35. The maximum atomic E-state index is 12.8. The molecular formula is C54H64F12N8OS3. The third kappa shape index (κ3) is 19.8. The number of rotatable bonds is 16. The van der Waals surface area contributed by atoms with Gasteiger partial charge < -0.3 is 30.2 Å². The number of alkyl halides is 12. The molecule has 4 aliphatic rings. The predicted octanol–water partition coefficient (Wildman–Crippen LogP) is 12.8. The SMILES string of the molecule is FC(F)(F)Sc1ccc(N2CCC(NC(=S)CCCN3CCN(c4ccc(C(F)(F)F)cc4)CC3)CC2)cc1.O=C(CCCN1CCN(c2ccc(C(F)(F)F)cc2)CC1)NC1CCN(c2ccc(SC(F)(F)F)cc2)CC1. The van der Waals surface area contributed by atoms with Crippen molar-refractivity contribution in [2.24, 2.45) is 0 Å². The standard InChI is InChI=1S/C27H32F6N4OS.C27H32F6N4S2/c2*28-26(29,30)20-3-5-22(6-4-20)37-18-16-35(17-19-37)13-1-2-25(38)34-21-11-14-36(15-12-21)23-7-9-24(10-8-23)39-27(31,32)33/h2*3-10,21H,1-2,11-19H2,(H,34,38). The van der Waals surface area contributed by atoms with Crippen molar-refractivity contribution in [1.82, 2.24) is 20.4 Å². The summed E-state index contributed by atoms with van der Waals surface area (Å²) in [5, 5.41) is 6.58. The Morgan fingerprint density at radius 1 is 0.436 bits per heavy atom. The number of carbonyl (C=O) groups excluding carboxylic acids is 1. The number of piperazine rings is 2. The molecule has 4 aromatic carbocycles. The fourth-order valence-corrected chi connectivity index (χ4v) is 11.4. The largest absolute Gasteiger partial charge is 0.446 e. The van der Waals surface area contributed by atoms with Gasteiger partial charge in [0.15, 0.2) is 0 Å². The lowest BCUT2D eigenvalue weighted by atomic mass is 10.0. The van der Waals surface area contributed by atoms with Crippen molar-refractivity contribution in [1.29, 1.82) is 0 Å². The van der Waals surface area contributed by atoms with E-state index in [4.69, 9.17) is 12.2 Å². The number of nitrogens with zero attached hydrogens (tertiary/aromatic N) is 6. The van der Waals surface area contributed by atoms with Crippen LogP contribution in [0.5, 0.6) is 0 Å². The summed E-state index contributed by atoms with van der Waals surface area (Å²) < 4.78 is 152. The van der Waals surface area contributed by atoms with E-state index >= 15 is 0 Å².